The lowest BCUT2D eigenvalue weighted by atomic mass is 9.96. The number of rotatable bonds is 6. The second-order valence-corrected chi connectivity index (χ2v) is 9.15. The number of aromatic hydroxyl groups is 1. The summed E-state index contributed by atoms with van der Waals surface area (Å²) in [6, 6.07) is 18.8. The summed E-state index contributed by atoms with van der Waals surface area (Å²) in [6.45, 7) is 3.83. The van der Waals surface area contributed by atoms with E-state index in [4.69, 9.17) is 17.0 Å². The van der Waals surface area contributed by atoms with Crippen LogP contribution in [0.15, 0.2) is 72.9 Å². The topological polar surface area (TPSA) is 106 Å². The SMILES string of the molecule is COc1ccc(-n2c(C)cc([C@@H]3[C@H](c4ccccn4)NC(=S)N3c3ccccc3O)c2C)c([N+](=O)[O-])c1. The van der Waals surface area contributed by atoms with Crippen molar-refractivity contribution in [1.29, 1.82) is 0 Å². The van der Waals surface area contributed by atoms with E-state index in [0.717, 1.165) is 22.6 Å². The van der Waals surface area contributed by atoms with Crippen LogP contribution in [0.25, 0.3) is 5.69 Å². The number of aromatic nitrogens is 2. The highest BCUT2D eigenvalue weighted by Gasteiger charge is 2.43. The van der Waals surface area contributed by atoms with Crippen molar-refractivity contribution in [3.05, 3.63) is 106 Å². The number of hydrogen-bond donors (Lipinski definition) is 2. The van der Waals surface area contributed by atoms with E-state index in [-0.39, 0.29) is 23.5 Å². The minimum atomic E-state index is -0.409. The maximum atomic E-state index is 12.0. The first-order valence-corrected chi connectivity index (χ1v) is 12.0. The lowest BCUT2D eigenvalue weighted by molar-refractivity contribution is -0.384. The lowest BCUT2D eigenvalue weighted by Crippen LogP contribution is -2.29. The standard InChI is InChI=1S/C27H25N5O4S/c1-16-14-19(17(2)30(16)21-12-11-18(36-3)15-23(21)32(34)35)26-25(20-8-6-7-13-28-20)29-27(37)31(26)22-9-4-5-10-24(22)33/h4-15,25-26,33H,1-3H3,(H,29,37)/t25-,26+/m0/s1. The number of anilines is 1. The third-order valence-electron chi connectivity index (χ3n) is 6.65. The number of aryl methyl sites for hydroxylation is 1. The molecule has 1 aliphatic heterocycles. The minimum Gasteiger partial charge on any atom is -0.506 e. The summed E-state index contributed by atoms with van der Waals surface area (Å²) in [5, 5.41) is 26.5. The lowest BCUT2D eigenvalue weighted by Gasteiger charge is -2.28. The molecule has 2 atom stereocenters. The van der Waals surface area contributed by atoms with Gasteiger partial charge >= 0.3 is 0 Å². The monoisotopic (exact) mass is 515 g/mol. The Morgan fingerprint density at radius 1 is 1.08 bits per heavy atom. The van der Waals surface area contributed by atoms with Gasteiger partial charge in [0.1, 0.15) is 17.2 Å². The number of nitro groups is 1. The Balaban J connectivity index is 1.72. The highest BCUT2D eigenvalue weighted by atomic mass is 32.1. The summed E-state index contributed by atoms with van der Waals surface area (Å²) >= 11 is 5.76. The Bertz CT molecular complexity index is 1500. The van der Waals surface area contributed by atoms with Crippen molar-refractivity contribution in [2.75, 3.05) is 12.0 Å². The van der Waals surface area contributed by atoms with Crippen LogP contribution in [0.2, 0.25) is 0 Å². The Labute approximate surface area is 219 Å². The van der Waals surface area contributed by atoms with Gasteiger partial charge in [0, 0.05) is 17.6 Å². The maximum Gasteiger partial charge on any atom is 0.296 e. The molecule has 0 aliphatic carbocycles. The molecule has 2 aromatic carbocycles. The van der Waals surface area contributed by atoms with Gasteiger partial charge in [-0.3, -0.25) is 15.1 Å². The van der Waals surface area contributed by atoms with E-state index in [9.17, 15) is 15.2 Å². The highest BCUT2D eigenvalue weighted by Crippen LogP contribution is 2.46. The molecule has 0 spiro atoms. The molecule has 0 unspecified atom stereocenters. The normalized spacial score (nSPS) is 17.1. The predicted molar refractivity (Wildman–Crippen MR) is 144 cm³/mol. The Kier molecular flexibility index (Phi) is 6.26. The number of para-hydroxylation sites is 2. The molecule has 1 saturated heterocycles. The van der Waals surface area contributed by atoms with Gasteiger partial charge in [0.25, 0.3) is 5.69 Å². The van der Waals surface area contributed by atoms with E-state index in [1.54, 1.807) is 30.5 Å². The highest BCUT2D eigenvalue weighted by molar-refractivity contribution is 7.80. The first-order valence-electron chi connectivity index (χ1n) is 11.6. The average Bonchev–Trinajstić information content (AvgIpc) is 3.39. The van der Waals surface area contributed by atoms with Crippen molar-refractivity contribution in [3.63, 3.8) is 0 Å². The Hall–Kier alpha value is -4.44. The number of nitrogens with one attached hydrogen (secondary N) is 1. The molecule has 3 heterocycles. The molecular weight excluding hydrogens is 490 g/mol. The summed E-state index contributed by atoms with van der Waals surface area (Å²) in [7, 11) is 1.48. The number of ether oxygens (including phenoxy) is 1. The third-order valence-corrected chi connectivity index (χ3v) is 6.96. The summed E-state index contributed by atoms with van der Waals surface area (Å²) in [4.78, 5) is 18.0. The van der Waals surface area contributed by atoms with Crippen molar-refractivity contribution < 1.29 is 14.8 Å². The summed E-state index contributed by atoms with van der Waals surface area (Å²) in [5.41, 5.74) is 4.24. The number of nitro benzene ring substituents is 1. The van der Waals surface area contributed by atoms with Crippen LogP contribution in [0.5, 0.6) is 11.5 Å². The molecular formula is C27H25N5O4S. The molecule has 37 heavy (non-hydrogen) atoms. The number of nitrogens with zero attached hydrogens (tertiary/aromatic N) is 4. The van der Waals surface area contributed by atoms with Crippen LogP contribution >= 0.6 is 12.2 Å². The van der Waals surface area contributed by atoms with Gasteiger partial charge in [-0.15, -0.1) is 0 Å². The first-order chi connectivity index (χ1) is 17.8. The quantitative estimate of drug-likeness (QED) is 0.203. The van der Waals surface area contributed by atoms with Gasteiger partial charge in [-0.1, -0.05) is 18.2 Å². The van der Waals surface area contributed by atoms with Gasteiger partial charge in [-0.05, 0) is 74.1 Å². The van der Waals surface area contributed by atoms with Crippen LogP contribution in [-0.2, 0) is 0 Å². The van der Waals surface area contributed by atoms with Crippen molar-refractivity contribution in [2.45, 2.75) is 25.9 Å². The van der Waals surface area contributed by atoms with Gasteiger partial charge in [0.15, 0.2) is 5.11 Å². The number of hydrogen-bond acceptors (Lipinski definition) is 6. The fraction of sp³-hybridized carbons (Fsp3) is 0.185. The van der Waals surface area contributed by atoms with Crippen molar-refractivity contribution in [1.82, 2.24) is 14.9 Å². The van der Waals surface area contributed by atoms with E-state index in [0.29, 0.717) is 22.2 Å². The van der Waals surface area contributed by atoms with E-state index >= 15 is 0 Å². The third kappa shape index (κ3) is 4.15. The molecule has 4 aromatic rings. The first kappa shape index (κ1) is 24.3. The molecule has 9 nitrogen and oxygen atoms in total. The van der Waals surface area contributed by atoms with E-state index in [1.807, 2.05) is 59.7 Å². The zero-order valence-corrected chi connectivity index (χ0v) is 21.3. The fourth-order valence-electron chi connectivity index (χ4n) is 5.02. The van der Waals surface area contributed by atoms with Crippen molar-refractivity contribution in [2.24, 2.45) is 0 Å². The molecule has 2 aromatic heterocycles. The molecule has 1 fully saturated rings. The zero-order chi connectivity index (χ0) is 26.3. The van der Waals surface area contributed by atoms with Crippen LogP contribution in [0.4, 0.5) is 11.4 Å². The number of pyridine rings is 1. The number of phenolic OH excluding ortho intramolecular Hbond substituents is 1. The number of thiocarbonyl (C=S) groups is 1. The number of methoxy groups -OCH3 is 1. The average molecular weight is 516 g/mol. The van der Waals surface area contributed by atoms with Gasteiger partial charge < -0.3 is 24.6 Å². The van der Waals surface area contributed by atoms with Crippen LogP contribution in [0.1, 0.15) is 34.7 Å². The molecule has 0 saturated carbocycles. The Morgan fingerprint density at radius 3 is 2.51 bits per heavy atom. The minimum absolute atomic E-state index is 0.0633. The smallest absolute Gasteiger partial charge is 0.296 e. The molecule has 0 bridgehead atoms. The summed E-state index contributed by atoms with van der Waals surface area (Å²) in [5.74, 6) is 0.502. The van der Waals surface area contributed by atoms with Gasteiger partial charge in [0.2, 0.25) is 0 Å². The summed E-state index contributed by atoms with van der Waals surface area (Å²) < 4.78 is 7.09. The van der Waals surface area contributed by atoms with Gasteiger partial charge in [-0.25, -0.2) is 0 Å². The van der Waals surface area contributed by atoms with Crippen LogP contribution < -0.4 is 15.0 Å². The van der Waals surface area contributed by atoms with Crippen LogP contribution in [0, 0.1) is 24.0 Å². The molecule has 0 amide bonds. The molecule has 5 rings (SSSR count). The van der Waals surface area contributed by atoms with Crippen LogP contribution in [0.3, 0.4) is 0 Å². The largest absolute Gasteiger partial charge is 0.506 e. The molecule has 10 heteroatoms. The van der Waals surface area contributed by atoms with Crippen molar-refractivity contribution >= 4 is 28.7 Å². The van der Waals surface area contributed by atoms with Gasteiger partial charge in [-0.2, -0.15) is 0 Å². The second-order valence-electron chi connectivity index (χ2n) is 8.76. The van der Waals surface area contributed by atoms with E-state index < -0.39 is 4.92 Å². The molecule has 188 valence electrons. The fourth-order valence-corrected chi connectivity index (χ4v) is 5.36. The zero-order valence-electron chi connectivity index (χ0n) is 20.5. The molecule has 2 N–H and O–H groups in total. The van der Waals surface area contributed by atoms with E-state index in [2.05, 4.69) is 10.3 Å². The van der Waals surface area contributed by atoms with E-state index in [1.165, 1.54) is 13.2 Å². The number of phenols is 1. The molecule has 0 radical (unpaired) electrons. The molecule has 1 aliphatic rings. The number of benzene rings is 2. The second kappa shape index (κ2) is 9.55. The Morgan fingerprint density at radius 2 is 1.84 bits per heavy atom. The maximum absolute atomic E-state index is 12.0. The van der Waals surface area contributed by atoms with Gasteiger partial charge in [0.05, 0.1) is 41.6 Å². The summed E-state index contributed by atoms with van der Waals surface area (Å²) in [6.07, 6.45) is 1.73. The predicted octanol–water partition coefficient (Wildman–Crippen LogP) is 5.29. The van der Waals surface area contributed by atoms with Crippen molar-refractivity contribution in [3.8, 4) is 17.2 Å². The van der Waals surface area contributed by atoms with Crippen LogP contribution in [-0.4, -0.2) is 31.8 Å².